The first-order chi connectivity index (χ1) is 9.47. The third-order valence-corrected chi connectivity index (χ3v) is 3.65. The summed E-state index contributed by atoms with van der Waals surface area (Å²) < 4.78 is 43.4. The van der Waals surface area contributed by atoms with Crippen LogP contribution in [0.1, 0.15) is 24.8 Å². The fourth-order valence-electron chi connectivity index (χ4n) is 2.51. The van der Waals surface area contributed by atoms with Gasteiger partial charge in [-0.15, -0.1) is 5.46 Å². The Morgan fingerprint density at radius 2 is 1.90 bits per heavy atom. The minimum atomic E-state index is -4.93. The van der Waals surface area contributed by atoms with Crippen molar-refractivity contribution in [2.24, 2.45) is 0 Å². The molecule has 112 valence electrons. The number of benzene rings is 1. The van der Waals surface area contributed by atoms with E-state index in [1.807, 2.05) is 0 Å². The van der Waals surface area contributed by atoms with Gasteiger partial charge in [0, 0.05) is 6.54 Å². The monoisotopic (exact) mass is 286 g/mol. The molecule has 20 heavy (non-hydrogen) atoms. The SMILES string of the molecule is Cc1cc([B-](F)(F)F)ccc1OCCCN1CCCC1. The van der Waals surface area contributed by atoms with Gasteiger partial charge in [0.15, 0.2) is 0 Å². The van der Waals surface area contributed by atoms with E-state index in [0.717, 1.165) is 38.2 Å². The summed E-state index contributed by atoms with van der Waals surface area (Å²) in [4.78, 5) is 2.39. The number of nitrogens with zero attached hydrogens (tertiary/aromatic N) is 1. The molecule has 0 spiro atoms. The molecule has 1 aliphatic rings. The van der Waals surface area contributed by atoms with Gasteiger partial charge in [-0.2, -0.15) is 0 Å². The van der Waals surface area contributed by atoms with Gasteiger partial charge in [-0.05, 0) is 50.9 Å². The summed E-state index contributed by atoms with van der Waals surface area (Å²) in [5.74, 6) is 0.551. The second kappa shape index (κ2) is 6.52. The molecular weight excluding hydrogens is 266 g/mol. The van der Waals surface area contributed by atoms with Crippen molar-refractivity contribution in [2.45, 2.75) is 26.2 Å². The molecule has 0 saturated carbocycles. The summed E-state index contributed by atoms with van der Waals surface area (Å²) >= 11 is 0. The predicted octanol–water partition coefficient (Wildman–Crippen LogP) is 2.91. The zero-order chi connectivity index (χ0) is 14.6. The fourth-order valence-corrected chi connectivity index (χ4v) is 2.51. The highest BCUT2D eigenvalue weighted by atomic mass is 19.4. The Hall–Kier alpha value is -1.17. The highest BCUT2D eigenvalue weighted by Crippen LogP contribution is 2.19. The summed E-state index contributed by atoms with van der Waals surface area (Å²) in [7, 11) is 0. The van der Waals surface area contributed by atoms with Gasteiger partial charge in [0.2, 0.25) is 0 Å². The molecule has 0 atom stereocenters. The van der Waals surface area contributed by atoms with Crippen molar-refractivity contribution in [2.75, 3.05) is 26.2 Å². The molecule has 1 aromatic rings. The van der Waals surface area contributed by atoms with Crippen LogP contribution in [-0.4, -0.2) is 38.1 Å². The summed E-state index contributed by atoms with van der Waals surface area (Å²) in [6.07, 6.45) is 3.44. The molecule has 0 aliphatic carbocycles. The lowest BCUT2D eigenvalue weighted by atomic mass is 9.79. The molecule has 6 heteroatoms. The van der Waals surface area contributed by atoms with Gasteiger partial charge in [0.25, 0.3) is 0 Å². The van der Waals surface area contributed by atoms with Crippen LogP contribution in [0.15, 0.2) is 18.2 Å². The van der Waals surface area contributed by atoms with E-state index in [2.05, 4.69) is 4.90 Å². The van der Waals surface area contributed by atoms with E-state index in [-0.39, 0.29) is 0 Å². The van der Waals surface area contributed by atoms with E-state index in [1.165, 1.54) is 18.9 Å². The van der Waals surface area contributed by atoms with Crippen molar-refractivity contribution in [1.29, 1.82) is 0 Å². The summed E-state index contributed by atoms with van der Waals surface area (Å²) in [5.41, 5.74) is -0.0187. The Morgan fingerprint density at radius 3 is 2.50 bits per heavy atom. The maximum atomic E-state index is 12.6. The zero-order valence-electron chi connectivity index (χ0n) is 11.7. The molecule has 0 N–H and O–H groups in total. The summed E-state index contributed by atoms with van der Waals surface area (Å²) in [6.45, 7) is 0.586. The third-order valence-electron chi connectivity index (χ3n) is 3.65. The predicted molar refractivity (Wildman–Crippen MR) is 75.7 cm³/mol. The largest absolute Gasteiger partial charge is 0.509 e. The molecule has 0 bridgehead atoms. The highest BCUT2D eigenvalue weighted by molar-refractivity contribution is 6.73. The zero-order valence-corrected chi connectivity index (χ0v) is 11.7. The third kappa shape index (κ3) is 4.17. The summed E-state index contributed by atoms with van der Waals surface area (Å²) in [6, 6.07) is 3.69. The molecular formula is C14H20BF3NO-. The van der Waals surface area contributed by atoms with Crippen molar-refractivity contribution in [1.82, 2.24) is 4.90 Å². The van der Waals surface area contributed by atoms with Crippen LogP contribution in [0.25, 0.3) is 0 Å². The molecule has 2 nitrogen and oxygen atoms in total. The second-order valence-corrected chi connectivity index (χ2v) is 5.35. The molecule has 1 heterocycles. The average molecular weight is 286 g/mol. The normalized spacial score (nSPS) is 16.6. The lowest BCUT2D eigenvalue weighted by molar-refractivity contribution is 0.262. The van der Waals surface area contributed by atoms with Crippen LogP contribution >= 0.6 is 0 Å². The smallest absolute Gasteiger partial charge is 0.493 e. The van der Waals surface area contributed by atoms with Gasteiger partial charge in [-0.1, -0.05) is 12.1 Å². The molecule has 0 unspecified atom stereocenters. The van der Waals surface area contributed by atoms with E-state index in [0.29, 0.717) is 17.9 Å². The minimum absolute atomic E-state index is 0.544. The highest BCUT2D eigenvalue weighted by Gasteiger charge is 2.25. The van der Waals surface area contributed by atoms with E-state index in [4.69, 9.17) is 4.74 Å². The Labute approximate surface area is 118 Å². The number of rotatable bonds is 6. The minimum Gasteiger partial charge on any atom is -0.493 e. The van der Waals surface area contributed by atoms with Crippen LogP contribution in [0.5, 0.6) is 5.75 Å². The van der Waals surface area contributed by atoms with Crippen LogP contribution in [-0.2, 0) is 0 Å². The van der Waals surface area contributed by atoms with Crippen molar-refractivity contribution in [3.05, 3.63) is 23.8 Å². The van der Waals surface area contributed by atoms with E-state index >= 15 is 0 Å². The van der Waals surface area contributed by atoms with E-state index in [9.17, 15) is 12.9 Å². The Kier molecular flexibility index (Phi) is 4.97. The first-order valence-corrected chi connectivity index (χ1v) is 7.12. The van der Waals surface area contributed by atoms with Gasteiger partial charge >= 0.3 is 6.98 Å². The standard InChI is InChI=1S/C14H20BF3NO/c1-12-11-13(15(16,17)18)5-6-14(12)20-10-4-9-19-7-2-3-8-19/h5-6,11H,2-4,7-10H2,1H3/q-1. The first-order valence-electron chi connectivity index (χ1n) is 7.12. The number of ether oxygens (including phenoxy) is 1. The molecule has 0 aromatic heterocycles. The fraction of sp³-hybridized carbons (Fsp3) is 0.571. The number of hydrogen-bond donors (Lipinski definition) is 0. The maximum Gasteiger partial charge on any atom is 0.509 e. The van der Waals surface area contributed by atoms with Gasteiger partial charge in [-0.25, -0.2) is 0 Å². The number of halogens is 3. The number of likely N-dealkylation sites (tertiary alicyclic amines) is 1. The lowest BCUT2D eigenvalue weighted by Gasteiger charge is -2.18. The van der Waals surface area contributed by atoms with E-state index in [1.54, 1.807) is 6.92 Å². The Balaban J connectivity index is 1.80. The first kappa shape index (κ1) is 15.2. The molecule has 1 fully saturated rings. The molecule has 1 saturated heterocycles. The van der Waals surface area contributed by atoms with Gasteiger partial charge < -0.3 is 22.6 Å². The van der Waals surface area contributed by atoms with Gasteiger partial charge in [-0.3, -0.25) is 0 Å². The molecule has 1 aromatic carbocycles. The van der Waals surface area contributed by atoms with Gasteiger partial charge in [0.1, 0.15) is 5.75 Å². The van der Waals surface area contributed by atoms with E-state index < -0.39 is 12.4 Å². The lowest BCUT2D eigenvalue weighted by Crippen LogP contribution is -2.34. The van der Waals surface area contributed by atoms with Crippen LogP contribution in [0.4, 0.5) is 12.9 Å². The Morgan fingerprint density at radius 1 is 1.20 bits per heavy atom. The van der Waals surface area contributed by atoms with Crippen molar-refractivity contribution in [3.8, 4) is 5.75 Å². The van der Waals surface area contributed by atoms with Crippen LogP contribution in [0, 0.1) is 6.92 Å². The Bertz CT molecular complexity index is 445. The molecule has 2 rings (SSSR count). The summed E-state index contributed by atoms with van der Waals surface area (Å²) in [5, 5.41) is 0. The molecule has 0 radical (unpaired) electrons. The molecule has 1 aliphatic heterocycles. The molecule has 0 amide bonds. The maximum absolute atomic E-state index is 12.6. The quantitative estimate of drug-likeness (QED) is 0.589. The number of hydrogen-bond acceptors (Lipinski definition) is 2. The van der Waals surface area contributed by atoms with Crippen molar-refractivity contribution in [3.63, 3.8) is 0 Å². The number of aryl methyl sites for hydroxylation is 1. The topological polar surface area (TPSA) is 12.5 Å². The van der Waals surface area contributed by atoms with Crippen LogP contribution in [0.2, 0.25) is 0 Å². The van der Waals surface area contributed by atoms with Crippen LogP contribution in [0.3, 0.4) is 0 Å². The van der Waals surface area contributed by atoms with Crippen molar-refractivity contribution >= 4 is 12.4 Å². The average Bonchev–Trinajstić information content (AvgIpc) is 2.88. The van der Waals surface area contributed by atoms with Crippen LogP contribution < -0.4 is 10.2 Å². The van der Waals surface area contributed by atoms with Gasteiger partial charge in [0.05, 0.1) is 6.61 Å². The van der Waals surface area contributed by atoms with Crippen molar-refractivity contribution < 1.29 is 17.7 Å². The second-order valence-electron chi connectivity index (χ2n) is 5.35.